The smallest absolute Gasteiger partial charge is 0.128 e. The van der Waals surface area contributed by atoms with Crippen molar-refractivity contribution in [1.29, 1.82) is 0 Å². The Labute approximate surface area is 85.6 Å². The number of aryl methyl sites for hydroxylation is 1. The zero-order valence-electron chi connectivity index (χ0n) is 7.53. The number of aliphatic hydroxyl groups is 1. The molecule has 1 aromatic rings. The van der Waals surface area contributed by atoms with Crippen LogP contribution in [0.1, 0.15) is 5.69 Å². The summed E-state index contributed by atoms with van der Waals surface area (Å²) in [5, 5.41) is 12.6. The van der Waals surface area contributed by atoms with Gasteiger partial charge in [-0.25, -0.2) is 0 Å². The Hall–Kier alpha value is -0.390. The molecule has 0 radical (unpaired) electrons. The highest BCUT2D eigenvalue weighted by molar-refractivity contribution is 9.10. The number of halogens is 1. The van der Waals surface area contributed by atoms with E-state index in [0.29, 0.717) is 13.2 Å². The molecule has 0 aliphatic carbocycles. The third kappa shape index (κ3) is 3.46. The topological polar surface area (TPSA) is 47.3 Å². The molecular weight excluding hydrogens is 236 g/mol. The average Bonchev–Trinajstić information content (AvgIpc) is 2.39. The van der Waals surface area contributed by atoms with Gasteiger partial charge in [0.25, 0.3) is 0 Å². The van der Waals surface area contributed by atoms with Gasteiger partial charge < -0.3 is 9.84 Å². The molecule has 4 nitrogen and oxygen atoms in total. The van der Waals surface area contributed by atoms with Crippen LogP contribution in [0.5, 0.6) is 0 Å². The molecule has 1 rings (SSSR count). The number of nitrogens with zero attached hydrogens (tertiary/aromatic N) is 2. The van der Waals surface area contributed by atoms with E-state index >= 15 is 0 Å². The Kier molecular flexibility index (Phi) is 4.41. The Bertz CT molecular complexity index is 263. The molecule has 0 saturated carbocycles. The predicted octanol–water partition coefficient (Wildman–Crippen LogP) is 0.734. The van der Waals surface area contributed by atoms with E-state index in [4.69, 9.17) is 9.84 Å². The monoisotopic (exact) mass is 248 g/mol. The first-order chi connectivity index (χ1) is 6.24. The van der Waals surface area contributed by atoms with Crippen molar-refractivity contribution < 1.29 is 9.84 Å². The number of hydrogen-bond acceptors (Lipinski definition) is 3. The van der Waals surface area contributed by atoms with Crippen LogP contribution in [-0.4, -0.2) is 34.7 Å². The van der Waals surface area contributed by atoms with Gasteiger partial charge in [-0.05, 0) is 22.0 Å². The number of aromatic nitrogens is 2. The summed E-state index contributed by atoms with van der Waals surface area (Å²) >= 11 is 3.29. The van der Waals surface area contributed by atoms with Crippen molar-refractivity contribution in [2.45, 2.75) is 6.42 Å². The minimum Gasteiger partial charge on any atom is -0.394 e. The molecule has 0 fully saturated rings. The summed E-state index contributed by atoms with van der Waals surface area (Å²) in [5.41, 5.74) is 1.12. The molecule has 1 heterocycles. The van der Waals surface area contributed by atoms with Crippen LogP contribution in [0.3, 0.4) is 0 Å². The Morgan fingerprint density at radius 3 is 2.92 bits per heavy atom. The van der Waals surface area contributed by atoms with Crippen molar-refractivity contribution in [3.63, 3.8) is 0 Å². The van der Waals surface area contributed by atoms with Gasteiger partial charge >= 0.3 is 0 Å². The zero-order chi connectivity index (χ0) is 9.68. The summed E-state index contributed by atoms with van der Waals surface area (Å²) < 4.78 is 7.80. The second kappa shape index (κ2) is 5.36. The fourth-order valence-corrected chi connectivity index (χ4v) is 1.55. The first kappa shape index (κ1) is 10.7. The summed E-state index contributed by atoms with van der Waals surface area (Å²) in [5.74, 6) is 0. The molecule has 0 spiro atoms. The zero-order valence-corrected chi connectivity index (χ0v) is 9.12. The fourth-order valence-electron chi connectivity index (χ4n) is 1.04. The van der Waals surface area contributed by atoms with E-state index in [0.717, 1.165) is 16.7 Å². The quantitative estimate of drug-likeness (QED) is 0.783. The van der Waals surface area contributed by atoms with E-state index in [1.54, 1.807) is 0 Å². The molecule has 74 valence electrons. The van der Waals surface area contributed by atoms with Gasteiger partial charge in [-0.1, -0.05) is 0 Å². The maximum absolute atomic E-state index is 8.47. The third-order valence-electron chi connectivity index (χ3n) is 1.69. The van der Waals surface area contributed by atoms with Crippen molar-refractivity contribution >= 4 is 15.9 Å². The molecule has 0 aliphatic heterocycles. The first-order valence-electron chi connectivity index (χ1n) is 4.11. The molecule has 0 bridgehead atoms. The standard InChI is InChI=1S/C8H13BrN2O2/c1-11-7(6-8(9)10-11)2-4-13-5-3-12/h6,12H,2-5H2,1H3. The average molecular weight is 249 g/mol. The van der Waals surface area contributed by atoms with Gasteiger partial charge in [-0.2, -0.15) is 5.10 Å². The maximum Gasteiger partial charge on any atom is 0.128 e. The van der Waals surface area contributed by atoms with E-state index in [-0.39, 0.29) is 6.61 Å². The molecule has 5 heteroatoms. The van der Waals surface area contributed by atoms with Crippen LogP contribution in [-0.2, 0) is 18.2 Å². The number of ether oxygens (including phenoxy) is 1. The summed E-state index contributed by atoms with van der Waals surface area (Å²) in [6.45, 7) is 1.10. The number of rotatable bonds is 5. The van der Waals surface area contributed by atoms with Crippen LogP contribution in [0, 0.1) is 0 Å². The highest BCUT2D eigenvalue weighted by Gasteiger charge is 2.01. The van der Waals surface area contributed by atoms with E-state index < -0.39 is 0 Å². The molecule has 0 saturated heterocycles. The molecule has 1 aromatic heterocycles. The lowest BCUT2D eigenvalue weighted by molar-refractivity contribution is 0.0936. The van der Waals surface area contributed by atoms with Gasteiger partial charge in [0, 0.05) is 19.2 Å². The van der Waals surface area contributed by atoms with Crippen molar-refractivity contribution in [2.24, 2.45) is 7.05 Å². The van der Waals surface area contributed by atoms with E-state index in [2.05, 4.69) is 21.0 Å². The molecule has 0 amide bonds. The highest BCUT2D eigenvalue weighted by atomic mass is 79.9. The number of aliphatic hydroxyl groups excluding tert-OH is 1. The van der Waals surface area contributed by atoms with Crippen LogP contribution < -0.4 is 0 Å². The normalized spacial score (nSPS) is 10.7. The fraction of sp³-hybridized carbons (Fsp3) is 0.625. The Morgan fingerprint density at radius 2 is 2.38 bits per heavy atom. The molecule has 0 aromatic carbocycles. The van der Waals surface area contributed by atoms with Gasteiger partial charge in [0.15, 0.2) is 0 Å². The van der Waals surface area contributed by atoms with E-state index in [1.165, 1.54) is 0 Å². The minimum atomic E-state index is 0.0785. The van der Waals surface area contributed by atoms with Crippen molar-refractivity contribution in [3.05, 3.63) is 16.4 Å². The van der Waals surface area contributed by atoms with Crippen LogP contribution in [0.4, 0.5) is 0 Å². The summed E-state index contributed by atoms with van der Waals surface area (Å²) in [7, 11) is 1.89. The first-order valence-corrected chi connectivity index (χ1v) is 4.90. The van der Waals surface area contributed by atoms with Crippen molar-refractivity contribution in [2.75, 3.05) is 19.8 Å². The largest absolute Gasteiger partial charge is 0.394 e. The van der Waals surface area contributed by atoms with Gasteiger partial charge in [0.2, 0.25) is 0 Å². The van der Waals surface area contributed by atoms with Gasteiger partial charge in [0.1, 0.15) is 4.60 Å². The Balaban J connectivity index is 2.32. The van der Waals surface area contributed by atoms with Crippen LogP contribution in [0.15, 0.2) is 10.7 Å². The van der Waals surface area contributed by atoms with Crippen LogP contribution >= 0.6 is 15.9 Å². The SMILES string of the molecule is Cn1nc(Br)cc1CCOCCO. The lowest BCUT2D eigenvalue weighted by Gasteiger charge is -2.02. The maximum atomic E-state index is 8.47. The molecule has 0 atom stereocenters. The highest BCUT2D eigenvalue weighted by Crippen LogP contribution is 2.09. The Morgan fingerprint density at radius 1 is 1.62 bits per heavy atom. The molecule has 0 aliphatic rings. The minimum absolute atomic E-state index is 0.0785. The molecular formula is C8H13BrN2O2. The van der Waals surface area contributed by atoms with Gasteiger partial charge in [-0.3, -0.25) is 4.68 Å². The molecule has 13 heavy (non-hydrogen) atoms. The summed E-state index contributed by atoms with van der Waals surface area (Å²) in [4.78, 5) is 0. The summed E-state index contributed by atoms with van der Waals surface area (Å²) in [6, 6.07) is 1.96. The van der Waals surface area contributed by atoms with Crippen molar-refractivity contribution in [1.82, 2.24) is 9.78 Å². The second-order valence-electron chi connectivity index (χ2n) is 2.67. The second-order valence-corrected chi connectivity index (χ2v) is 3.48. The van der Waals surface area contributed by atoms with E-state index in [1.807, 2.05) is 17.8 Å². The van der Waals surface area contributed by atoms with Gasteiger partial charge in [-0.15, -0.1) is 0 Å². The third-order valence-corrected chi connectivity index (χ3v) is 2.07. The lowest BCUT2D eigenvalue weighted by Crippen LogP contribution is -2.06. The summed E-state index contributed by atoms with van der Waals surface area (Å²) in [6.07, 6.45) is 0.815. The van der Waals surface area contributed by atoms with Crippen LogP contribution in [0.2, 0.25) is 0 Å². The molecule has 1 N–H and O–H groups in total. The van der Waals surface area contributed by atoms with E-state index in [9.17, 15) is 0 Å². The van der Waals surface area contributed by atoms with Crippen molar-refractivity contribution in [3.8, 4) is 0 Å². The lowest BCUT2D eigenvalue weighted by atomic mass is 10.3. The van der Waals surface area contributed by atoms with Gasteiger partial charge in [0.05, 0.1) is 19.8 Å². The number of hydrogen-bond donors (Lipinski definition) is 1. The molecule has 0 unspecified atom stereocenters. The van der Waals surface area contributed by atoms with Crippen LogP contribution in [0.25, 0.3) is 0 Å². The predicted molar refractivity (Wildman–Crippen MR) is 52.5 cm³/mol.